The monoisotopic (exact) mass is 479 g/mol. The second-order valence-corrected chi connectivity index (χ2v) is 12.3. The molecule has 35 heavy (non-hydrogen) atoms. The SMILES string of the molecule is CC1CCC(c2nc3c([nH]2)C2C=CC(B4OC(C)(C)C(C)(C)O4)=CC2C=C3)N1C(=O)OC(C)(C)C. The largest absolute Gasteiger partial charge is 0.494 e. The third-order valence-corrected chi connectivity index (χ3v) is 8.00. The lowest BCUT2D eigenvalue weighted by Crippen LogP contribution is -2.41. The quantitative estimate of drug-likeness (QED) is 0.549. The van der Waals surface area contributed by atoms with Crippen molar-refractivity contribution in [1.29, 1.82) is 0 Å². The van der Waals surface area contributed by atoms with E-state index < -0.39 is 5.60 Å². The number of aromatic nitrogens is 2. The van der Waals surface area contributed by atoms with E-state index in [-0.39, 0.29) is 48.3 Å². The zero-order chi connectivity index (χ0) is 25.3. The second kappa shape index (κ2) is 8.10. The number of amides is 1. The second-order valence-electron chi connectivity index (χ2n) is 12.3. The topological polar surface area (TPSA) is 76.7 Å². The van der Waals surface area contributed by atoms with E-state index >= 15 is 0 Å². The van der Waals surface area contributed by atoms with Gasteiger partial charge in [0.25, 0.3) is 0 Å². The predicted octanol–water partition coefficient (Wildman–Crippen LogP) is 5.72. The van der Waals surface area contributed by atoms with Crippen molar-refractivity contribution in [3.05, 3.63) is 47.0 Å². The highest BCUT2D eigenvalue weighted by Gasteiger charge is 2.52. The predicted molar refractivity (Wildman–Crippen MR) is 137 cm³/mol. The zero-order valence-corrected chi connectivity index (χ0v) is 22.2. The molecule has 1 aromatic heterocycles. The van der Waals surface area contributed by atoms with E-state index in [1.807, 2.05) is 25.7 Å². The molecule has 3 heterocycles. The van der Waals surface area contributed by atoms with Crippen LogP contribution >= 0.6 is 0 Å². The summed E-state index contributed by atoms with van der Waals surface area (Å²) in [6.07, 6.45) is 12.4. The van der Waals surface area contributed by atoms with Crippen LogP contribution in [0.5, 0.6) is 0 Å². The number of H-pyrrole nitrogens is 1. The van der Waals surface area contributed by atoms with Crippen molar-refractivity contribution < 1.29 is 18.8 Å². The molecular formula is C27H38BN3O4. The lowest BCUT2D eigenvalue weighted by Gasteiger charge is -2.32. The molecule has 2 saturated heterocycles. The summed E-state index contributed by atoms with van der Waals surface area (Å²) >= 11 is 0. The number of ether oxygens (including phenoxy) is 1. The molecule has 2 aliphatic heterocycles. The first-order valence-electron chi connectivity index (χ1n) is 12.8. The number of carbonyl (C=O) groups is 1. The van der Waals surface area contributed by atoms with E-state index in [0.717, 1.165) is 35.5 Å². The van der Waals surface area contributed by atoms with Gasteiger partial charge in [0.15, 0.2) is 0 Å². The number of likely N-dealkylation sites (tertiary alicyclic amines) is 1. The number of rotatable bonds is 2. The summed E-state index contributed by atoms with van der Waals surface area (Å²) in [6.45, 7) is 16.1. The fraction of sp³-hybridized carbons (Fsp3) is 0.630. The van der Waals surface area contributed by atoms with Gasteiger partial charge in [0.05, 0.1) is 28.6 Å². The van der Waals surface area contributed by atoms with Crippen LogP contribution < -0.4 is 0 Å². The summed E-state index contributed by atoms with van der Waals surface area (Å²) in [4.78, 5) is 23.4. The van der Waals surface area contributed by atoms with Gasteiger partial charge in [-0.2, -0.15) is 0 Å². The van der Waals surface area contributed by atoms with Gasteiger partial charge in [-0.15, -0.1) is 0 Å². The number of aromatic amines is 1. The number of hydrogen-bond donors (Lipinski definition) is 1. The fourth-order valence-corrected chi connectivity index (χ4v) is 5.36. The Balaban J connectivity index is 1.36. The number of imidazole rings is 1. The average Bonchev–Trinajstić information content (AvgIpc) is 3.39. The van der Waals surface area contributed by atoms with Gasteiger partial charge in [-0.3, -0.25) is 4.90 Å². The minimum Gasteiger partial charge on any atom is -0.444 e. The molecule has 1 amide bonds. The van der Waals surface area contributed by atoms with Crippen LogP contribution in [-0.2, 0) is 14.0 Å². The number of fused-ring (bicyclic) bond motifs is 3. The van der Waals surface area contributed by atoms with Crippen molar-refractivity contribution >= 4 is 19.3 Å². The van der Waals surface area contributed by atoms with Crippen LogP contribution in [0.2, 0.25) is 0 Å². The Bertz CT molecular complexity index is 1090. The lowest BCUT2D eigenvalue weighted by atomic mass is 9.69. The highest BCUT2D eigenvalue weighted by molar-refractivity contribution is 6.55. The molecule has 7 nitrogen and oxygen atoms in total. The maximum absolute atomic E-state index is 13.0. The Labute approximate surface area is 209 Å². The molecular weight excluding hydrogens is 441 g/mol. The third kappa shape index (κ3) is 4.29. The Morgan fingerprint density at radius 1 is 1.14 bits per heavy atom. The molecule has 188 valence electrons. The highest BCUT2D eigenvalue weighted by Crippen LogP contribution is 2.44. The minimum atomic E-state index is -0.531. The van der Waals surface area contributed by atoms with Gasteiger partial charge in [-0.05, 0) is 79.8 Å². The van der Waals surface area contributed by atoms with Crippen LogP contribution in [-0.4, -0.2) is 50.9 Å². The average molecular weight is 479 g/mol. The van der Waals surface area contributed by atoms with E-state index in [4.69, 9.17) is 19.0 Å². The van der Waals surface area contributed by atoms with Crippen LogP contribution in [0.25, 0.3) is 6.08 Å². The molecule has 1 N–H and O–H groups in total. The van der Waals surface area contributed by atoms with E-state index in [0.29, 0.717) is 0 Å². The molecule has 4 unspecified atom stereocenters. The van der Waals surface area contributed by atoms with Gasteiger partial charge in [-0.25, -0.2) is 9.78 Å². The highest BCUT2D eigenvalue weighted by atomic mass is 16.7. The summed E-state index contributed by atoms with van der Waals surface area (Å²) < 4.78 is 18.2. The maximum Gasteiger partial charge on any atom is 0.494 e. The normalized spacial score (nSPS) is 30.8. The first-order valence-corrected chi connectivity index (χ1v) is 12.8. The standard InChI is InChI=1S/C27H38BN3O4/c1-16-9-14-21(31(16)24(32)33-25(2,3)4)23-29-20-13-10-17-15-18(11-12-19(17)22(20)30-23)28-34-26(5,6)27(7,8)35-28/h10-13,15-17,19,21H,9,14H2,1-8H3,(H,29,30). The Hall–Kier alpha value is -2.32. The smallest absolute Gasteiger partial charge is 0.444 e. The van der Waals surface area contributed by atoms with Crippen molar-refractivity contribution in [2.45, 2.75) is 103 Å². The molecule has 0 bridgehead atoms. The Morgan fingerprint density at radius 2 is 1.83 bits per heavy atom. The van der Waals surface area contributed by atoms with Crippen molar-refractivity contribution in [2.24, 2.45) is 5.92 Å². The van der Waals surface area contributed by atoms with Crippen LogP contribution in [0.15, 0.2) is 29.8 Å². The molecule has 0 radical (unpaired) electrons. The van der Waals surface area contributed by atoms with Crippen LogP contribution in [0, 0.1) is 5.92 Å². The van der Waals surface area contributed by atoms with Crippen LogP contribution in [0.4, 0.5) is 4.79 Å². The van der Waals surface area contributed by atoms with Gasteiger partial charge in [0.2, 0.25) is 0 Å². The molecule has 0 aromatic carbocycles. The van der Waals surface area contributed by atoms with Crippen LogP contribution in [0.3, 0.4) is 0 Å². The number of nitrogens with zero attached hydrogens (tertiary/aromatic N) is 2. The fourth-order valence-electron chi connectivity index (χ4n) is 5.36. The number of hydrogen-bond acceptors (Lipinski definition) is 5. The molecule has 2 fully saturated rings. The number of carbonyl (C=O) groups excluding carboxylic acids is 1. The van der Waals surface area contributed by atoms with Gasteiger partial charge in [0.1, 0.15) is 11.4 Å². The lowest BCUT2D eigenvalue weighted by molar-refractivity contribution is 0.00578. The van der Waals surface area contributed by atoms with E-state index in [1.54, 1.807) is 0 Å². The molecule has 4 atom stereocenters. The van der Waals surface area contributed by atoms with E-state index in [9.17, 15) is 4.79 Å². The van der Waals surface area contributed by atoms with E-state index in [1.165, 1.54) is 0 Å². The van der Waals surface area contributed by atoms with Crippen molar-refractivity contribution in [2.75, 3.05) is 0 Å². The summed E-state index contributed by atoms with van der Waals surface area (Å²) in [7, 11) is -0.369. The third-order valence-electron chi connectivity index (χ3n) is 8.00. The van der Waals surface area contributed by atoms with E-state index in [2.05, 4.69) is 70.0 Å². The Morgan fingerprint density at radius 3 is 2.49 bits per heavy atom. The van der Waals surface area contributed by atoms with Gasteiger partial charge in [-0.1, -0.05) is 24.3 Å². The van der Waals surface area contributed by atoms with Gasteiger partial charge < -0.3 is 19.0 Å². The molecule has 5 rings (SSSR count). The number of allylic oxidation sites excluding steroid dienone is 5. The molecule has 2 aliphatic carbocycles. The van der Waals surface area contributed by atoms with Gasteiger partial charge >= 0.3 is 13.2 Å². The summed E-state index contributed by atoms with van der Waals surface area (Å²) in [5.74, 6) is 1.19. The van der Waals surface area contributed by atoms with Crippen molar-refractivity contribution in [1.82, 2.24) is 14.9 Å². The molecule has 0 spiro atoms. The summed E-state index contributed by atoms with van der Waals surface area (Å²) in [5.41, 5.74) is 1.83. The van der Waals surface area contributed by atoms with Crippen molar-refractivity contribution in [3.63, 3.8) is 0 Å². The first-order chi connectivity index (χ1) is 16.3. The molecule has 8 heteroatoms. The minimum absolute atomic E-state index is 0.110. The number of nitrogens with one attached hydrogen (secondary N) is 1. The molecule has 4 aliphatic rings. The van der Waals surface area contributed by atoms with Crippen LogP contribution in [0.1, 0.15) is 97.4 Å². The zero-order valence-electron chi connectivity index (χ0n) is 22.2. The van der Waals surface area contributed by atoms with Gasteiger partial charge in [0, 0.05) is 17.9 Å². The molecule has 1 aromatic rings. The first kappa shape index (κ1) is 24.4. The van der Waals surface area contributed by atoms with Crippen molar-refractivity contribution in [3.8, 4) is 0 Å². The summed E-state index contributed by atoms with van der Waals surface area (Å²) in [6, 6.07) is 0.000902. The molecule has 0 saturated carbocycles. The maximum atomic E-state index is 13.0. The Kier molecular flexibility index (Phi) is 5.64. The summed E-state index contributed by atoms with van der Waals surface area (Å²) in [5, 5.41) is 0.